The summed E-state index contributed by atoms with van der Waals surface area (Å²) in [5.41, 5.74) is 1.38. The smallest absolute Gasteiger partial charge is 0.0406 e. The lowest BCUT2D eigenvalue weighted by atomic mass is 9.83. The maximum Gasteiger partial charge on any atom is 0.0406 e. The lowest BCUT2D eigenvalue weighted by molar-refractivity contribution is 0.258. The van der Waals surface area contributed by atoms with Crippen molar-refractivity contribution in [3.05, 3.63) is 34.9 Å². The summed E-state index contributed by atoms with van der Waals surface area (Å²) >= 11 is 6.00. The molecule has 0 saturated heterocycles. The van der Waals surface area contributed by atoms with Crippen LogP contribution in [0.1, 0.15) is 70.4 Å². The molecule has 3 atom stereocenters. The predicted molar refractivity (Wildman–Crippen MR) is 88.3 cm³/mol. The highest BCUT2D eigenvalue weighted by molar-refractivity contribution is 6.30. The van der Waals surface area contributed by atoms with Crippen molar-refractivity contribution in [3.8, 4) is 0 Å². The average molecular weight is 294 g/mol. The third-order valence-electron chi connectivity index (χ3n) is 4.65. The lowest BCUT2D eigenvalue weighted by Gasteiger charge is -2.32. The van der Waals surface area contributed by atoms with Gasteiger partial charge in [-0.2, -0.15) is 0 Å². The minimum Gasteiger partial charge on any atom is -0.307 e. The molecule has 1 aromatic carbocycles. The molecule has 20 heavy (non-hydrogen) atoms. The summed E-state index contributed by atoms with van der Waals surface area (Å²) in [5.74, 6) is 0.925. The van der Waals surface area contributed by atoms with E-state index in [9.17, 15) is 0 Å². The summed E-state index contributed by atoms with van der Waals surface area (Å²) in [6, 6.07) is 9.55. The largest absolute Gasteiger partial charge is 0.307 e. The summed E-state index contributed by atoms with van der Waals surface area (Å²) in [6.45, 7) is 4.59. The highest BCUT2D eigenvalue weighted by atomic mass is 35.5. The molecule has 1 saturated carbocycles. The number of halogens is 1. The van der Waals surface area contributed by atoms with Crippen LogP contribution in [0.15, 0.2) is 24.3 Å². The van der Waals surface area contributed by atoms with Gasteiger partial charge in [-0.05, 0) is 42.9 Å². The standard InChI is InChI=1S/C18H28ClN/c1-3-6-18(15-9-11-16(19)12-10-15)20-17-8-5-7-14(4-2)13-17/h9-12,14,17-18,20H,3-8,13H2,1-2H3. The minimum atomic E-state index is 0.484. The Morgan fingerprint density at radius 2 is 1.95 bits per heavy atom. The molecule has 0 spiro atoms. The highest BCUT2D eigenvalue weighted by Crippen LogP contribution is 2.29. The second-order valence-corrected chi connectivity index (χ2v) is 6.63. The Morgan fingerprint density at radius 1 is 1.20 bits per heavy atom. The molecule has 0 radical (unpaired) electrons. The molecule has 1 fully saturated rings. The molecule has 1 aliphatic rings. The first-order valence-corrected chi connectivity index (χ1v) is 8.62. The molecular weight excluding hydrogens is 266 g/mol. The van der Waals surface area contributed by atoms with Crippen LogP contribution in [0.4, 0.5) is 0 Å². The summed E-state index contributed by atoms with van der Waals surface area (Å²) in [4.78, 5) is 0. The fourth-order valence-electron chi connectivity index (χ4n) is 3.43. The van der Waals surface area contributed by atoms with E-state index in [1.165, 1.54) is 50.5 Å². The average Bonchev–Trinajstić information content (AvgIpc) is 2.48. The van der Waals surface area contributed by atoms with Crippen molar-refractivity contribution in [3.63, 3.8) is 0 Å². The Kier molecular flexibility index (Phi) is 6.38. The summed E-state index contributed by atoms with van der Waals surface area (Å²) in [5, 5.41) is 4.74. The maximum absolute atomic E-state index is 6.00. The minimum absolute atomic E-state index is 0.484. The van der Waals surface area contributed by atoms with Crippen LogP contribution in [0, 0.1) is 5.92 Å². The van der Waals surface area contributed by atoms with E-state index in [4.69, 9.17) is 11.6 Å². The van der Waals surface area contributed by atoms with Crippen LogP contribution in [0.3, 0.4) is 0 Å². The van der Waals surface area contributed by atoms with Crippen molar-refractivity contribution in [2.45, 2.75) is 70.9 Å². The molecule has 1 aromatic rings. The van der Waals surface area contributed by atoms with Crippen LogP contribution in [-0.4, -0.2) is 6.04 Å². The second-order valence-electron chi connectivity index (χ2n) is 6.20. The van der Waals surface area contributed by atoms with Crippen LogP contribution in [-0.2, 0) is 0 Å². The van der Waals surface area contributed by atoms with E-state index in [2.05, 4.69) is 31.3 Å². The zero-order chi connectivity index (χ0) is 14.4. The number of benzene rings is 1. The van der Waals surface area contributed by atoms with Crippen LogP contribution < -0.4 is 5.32 Å². The molecule has 1 nitrogen and oxygen atoms in total. The quantitative estimate of drug-likeness (QED) is 0.705. The third-order valence-corrected chi connectivity index (χ3v) is 4.90. The van der Waals surface area contributed by atoms with Gasteiger partial charge in [-0.25, -0.2) is 0 Å². The summed E-state index contributed by atoms with van der Waals surface area (Å²) < 4.78 is 0. The molecule has 1 N–H and O–H groups in total. The monoisotopic (exact) mass is 293 g/mol. The number of hydrogen-bond acceptors (Lipinski definition) is 1. The van der Waals surface area contributed by atoms with Crippen molar-refractivity contribution in [2.75, 3.05) is 0 Å². The van der Waals surface area contributed by atoms with Gasteiger partial charge in [-0.1, -0.05) is 63.3 Å². The molecule has 0 bridgehead atoms. The maximum atomic E-state index is 6.00. The highest BCUT2D eigenvalue weighted by Gasteiger charge is 2.23. The summed E-state index contributed by atoms with van der Waals surface area (Å²) in [6.07, 6.45) is 9.25. The van der Waals surface area contributed by atoms with Crippen LogP contribution in [0.2, 0.25) is 5.02 Å². The Labute approximate surface area is 129 Å². The van der Waals surface area contributed by atoms with E-state index in [1.807, 2.05) is 12.1 Å². The molecule has 0 aliphatic heterocycles. The Hall–Kier alpha value is -0.530. The Bertz CT molecular complexity index is 387. The fourth-order valence-corrected chi connectivity index (χ4v) is 3.55. The van der Waals surface area contributed by atoms with Crippen LogP contribution in [0.5, 0.6) is 0 Å². The molecule has 2 rings (SSSR count). The number of rotatable bonds is 6. The van der Waals surface area contributed by atoms with E-state index < -0.39 is 0 Å². The third kappa shape index (κ3) is 4.49. The SMILES string of the molecule is CCCC(NC1CCCC(CC)C1)c1ccc(Cl)cc1. The molecule has 0 amide bonds. The summed E-state index contributed by atoms with van der Waals surface area (Å²) in [7, 11) is 0. The van der Waals surface area contributed by atoms with Gasteiger partial charge in [0.1, 0.15) is 0 Å². The van der Waals surface area contributed by atoms with E-state index in [0.717, 1.165) is 10.9 Å². The Morgan fingerprint density at radius 3 is 2.60 bits per heavy atom. The first-order valence-electron chi connectivity index (χ1n) is 8.24. The van der Waals surface area contributed by atoms with E-state index in [1.54, 1.807) is 0 Å². The zero-order valence-corrected chi connectivity index (χ0v) is 13.6. The molecule has 1 aliphatic carbocycles. The van der Waals surface area contributed by atoms with Gasteiger partial charge in [0.25, 0.3) is 0 Å². The predicted octanol–water partition coefficient (Wildman–Crippen LogP) is 5.74. The van der Waals surface area contributed by atoms with Gasteiger partial charge in [-0.15, -0.1) is 0 Å². The van der Waals surface area contributed by atoms with Gasteiger partial charge in [0.15, 0.2) is 0 Å². The Balaban J connectivity index is 1.99. The van der Waals surface area contributed by atoms with Gasteiger partial charge in [0.05, 0.1) is 0 Å². The van der Waals surface area contributed by atoms with E-state index in [-0.39, 0.29) is 0 Å². The van der Waals surface area contributed by atoms with Crippen molar-refractivity contribution >= 4 is 11.6 Å². The van der Waals surface area contributed by atoms with E-state index in [0.29, 0.717) is 12.1 Å². The molecule has 0 heterocycles. The first-order chi connectivity index (χ1) is 9.72. The van der Waals surface area contributed by atoms with Gasteiger partial charge in [0, 0.05) is 17.1 Å². The number of hydrogen-bond donors (Lipinski definition) is 1. The van der Waals surface area contributed by atoms with Gasteiger partial charge >= 0.3 is 0 Å². The molecule has 0 aromatic heterocycles. The van der Waals surface area contributed by atoms with Gasteiger partial charge in [-0.3, -0.25) is 0 Å². The fraction of sp³-hybridized carbons (Fsp3) is 0.667. The van der Waals surface area contributed by atoms with Crippen LogP contribution in [0.25, 0.3) is 0 Å². The zero-order valence-electron chi connectivity index (χ0n) is 12.9. The van der Waals surface area contributed by atoms with Gasteiger partial charge in [0.2, 0.25) is 0 Å². The van der Waals surface area contributed by atoms with Gasteiger partial charge < -0.3 is 5.32 Å². The molecular formula is C18H28ClN. The first kappa shape index (κ1) is 15.9. The van der Waals surface area contributed by atoms with Crippen molar-refractivity contribution in [1.29, 1.82) is 0 Å². The van der Waals surface area contributed by atoms with E-state index >= 15 is 0 Å². The van der Waals surface area contributed by atoms with Crippen molar-refractivity contribution < 1.29 is 0 Å². The van der Waals surface area contributed by atoms with Crippen molar-refractivity contribution in [1.82, 2.24) is 5.32 Å². The lowest BCUT2D eigenvalue weighted by Crippen LogP contribution is -2.36. The van der Waals surface area contributed by atoms with Crippen molar-refractivity contribution in [2.24, 2.45) is 5.92 Å². The number of nitrogens with one attached hydrogen (secondary N) is 1. The molecule has 3 unspecified atom stereocenters. The molecule has 112 valence electrons. The normalized spacial score (nSPS) is 24.6. The molecule has 2 heteroatoms. The van der Waals surface area contributed by atoms with Crippen LogP contribution >= 0.6 is 11.6 Å². The second kappa shape index (κ2) is 8.05. The topological polar surface area (TPSA) is 12.0 Å².